The zero-order valence-electron chi connectivity index (χ0n) is 9.77. The topological polar surface area (TPSA) is 33.1 Å². The fraction of sp³-hybridized carbons (Fsp3) is 0.727. The highest BCUT2D eigenvalue weighted by molar-refractivity contribution is 5.01. The van der Waals surface area contributed by atoms with Crippen LogP contribution in [0.1, 0.15) is 19.5 Å². The number of imidazole rings is 1. The molecule has 1 aliphatic heterocycles. The van der Waals surface area contributed by atoms with Crippen molar-refractivity contribution in [1.82, 2.24) is 14.6 Å². The van der Waals surface area contributed by atoms with Crippen molar-refractivity contribution in [3.05, 3.63) is 18.2 Å². The van der Waals surface area contributed by atoms with Crippen molar-refractivity contribution in [3.63, 3.8) is 0 Å². The largest absolute Gasteiger partial charge is 0.328 e. The standard InChI is InChI=1S/C11H20N4/c1-9-5-14(6-10(9)2)7-11-4-13-8-15(11)12-3/h4,8-10,12H,5-7H2,1-3H3/t9-,10-/m0/s1. The summed E-state index contributed by atoms with van der Waals surface area (Å²) < 4.78 is 1.98. The highest BCUT2D eigenvalue weighted by Gasteiger charge is 2.26. The Morgan fingerprint density at radius 3 is 2.67 bits per heavy atom. The Hall–Kier alpha value is -1.03. The fourth-order valence-corrected chi connectivity index (χ4v) is 2.25. The van der Waals surface area contributed by atoms with E-state index >= 15 is 0 Å². The van der Waals surface area contributed by atoms with Gasteiger partial charge in [-0.15, -0.1) is 0 Å². The molecule has 0 saturated carbocycles. The second kappa shape index (κ2) is 4.23. The summed E-state index contributed by atoms with van der Waals surface area (Å²) in [5.74, 6) is 1.63. The summed E-state index contributed by atoms with van der Waals surface area (Å²) in [7, 11) is 1.92. The van der Waals surface area contributed by atoms with Crippen LogP contribution >= 0.6 is 0 Å². The third-order valence-corrected chi connectivity index (χ3v) is 3.41. The van der Waals surface area contributed by atoms with Crippen LogP contribution in [0.5, 0.6) is 0 Å². The molecule has 2 atom stereocenters. The van der Waals surface area contributed by atoms with E-state index in [0.717, 1.165) is 18.4 Å². The first kappa shape index (κ1) is 10.5. The van der Waals surface area contributed by atoms with Crippen molar-refractivity contribution in [3.8, 4) is 0 Å². The Labute approximate surface area is 91.3 Å². The predicted molar refractivity (Wildman–Crippen MR) is 61.1 cm³/mol. The zero-order valence-corrected chi connectivity index (χ0v) is 9.77. The van der Waals surface area contributed by atoms with Gasteiger partial charge in [0.15, 0.2) is 0 Å². The van der Waals surface area contributed by atoms with Gasteiger partial charge in [0.1, 0.15) is 6.33 Å². The maximum Gasteiger partial charge on any atom is 0.114 e. The number of rotatable bonds is 3. The van der Waals surface area contributed by atoms with E-state index in [9.17, 15) is 0 Å². The molecule has 4 nitrogen and oxygen atoms in total. The summed E-state index contributed by atoms with van der Waals surface area (Å²) in [5, 5.41) is 0. The molecule has 0 amide bonds. The maximum absolute atomic E-state index is 4.15. The van der Waals surface area contributed by atoms with Crippen LogP contribution in [-0.2, 0) is 6.54 Å². The highest BCUT2D eigenvalue weighted by Crippen LogP contribution is 2.23. The molecule has 2 rings (SSSR count). The maximum atomic E-state index is 4.15. The molecule has 84 valence electrons. The molecule has 1 saturated heterocycles. The molecule has 1 aromatic heterocycles. The zero-order chi connectivity index (χ0) is 10.8. The first-order valence-corrected chi connectivity index (χ1v) is 5.62. The van der Waals surface area contributed by atoms with Gasteiger partial charge in [0.2, 0.25) is 0 Å². The number of nitrogens with one attached hydrogen (secondary N) is 1. The molecule has 15 heavy (non-hydrogen) atoms. The Balaban J connectivity index is 1.98. The lowest BCUT2D eigenvalue weighted by atomic mass is 10.0. The molecule has 0 aliphatic carbocycles. The van der Waals surface area contributed by atoms with E-state index in [4.69, 9.17) is 0 Å². The SMILES string of the molecule is CNn1cncc1CN1C[C@H](C)[C@@H](C)C1. The van der Waals surface area contributed by atoms with Crippen LogP contribution in [0.2, 0.25) is 0 Å². The second-order valence-electron chi connectivity index (χ2n) is 4.63. The molecule has 0 spiro atoms. The molecule has 1 fully saturated rings. The summed E-state index contributed by atoms with van der Waals surface area (Å²) in [6.07, 6.45) is 3.75. The van der Waals surface area contributed by atoms with Gasteiger partial charge in [-0.25, -0.2) is 4.98 Å². The quantitative estimate of drug-likeness (QED) is 0.808. The van der Waals surface area contributed by atoms with Crippen molar-refractivity contribution < 1.29 is 0 Å². The van der Waals surface area contributed by atoms with Gasteiger partial charge in [0.05, 0.1) is 11.9 Å². The minimum Gasteiger partial charge on any atom is -0.328 e. The summed E-state index contributed by atoms with van der Waals surface area (Å²) in [5.41, 5.74) is 4.33. The molecule has 2 heterocycles. The second-order valence-corrected chi connectivity index (χ2v) is 4.63. The van der Waals surface area contributed by atoms with Gasteiger partial charge in [0.25, 0.3) is 0 Å². The van der Waals surface area contributed by atoms with Gasteiger partial charge >= 0.3 is 0 Å². The number of aromatic nitrogens is 2. The third kappa shape index (κ3) is 2.15. The van der Waals surface area contributed by atoms with Gasteiger partial charge in [-0.2, -0.15) is 0 Å². The van der Waals surface area contributed by atoms with Crippen molar-refractivity contribution in [2.24, 2.45) is 11.8 Å². The van der Waals surface area contributed by atoms with Crippen molar-refractivity contribution >= 4 is 0 Å². The molecule has 0 radical (unpaired) electrons. The Morgan fingerprint density at radius 2 is 2.07 bits per heavy atom. The van der Waals surface area contributed by atoms with E-state index in [1.165, 1.54) is 18.8 Å². The van der Waals surface area contributed by atoms with Gasteiger partial charge in [-0.05, 0) is 11.8 Å². The van der Waals surface area contributed by atoms with E-state index in [1.54, 1.807) is 0 Å². The van der Waals surface area contributed by atoms with Crippen LogP contribution in [0, 0.1) is 11.8 Å². The molecule has 1 aliphatic rings. The smallest absolute Gasteiger partial charge is 0.114 e. The van der Waals surface area contributed by atoms with Crippen LogP contribution < -0.4 is 5.43 Å². The Morgan fingerprint density at radius 1 is 1.40 bits per heavy atom. The van der Waals surface area contributed by atoms with E-state index < -0.39 is 0 Å². The molecule has 4 heteroatoms. The monoisotopic (exact) mass is 208 g/mol. The number of hydrogen-bond acceptors (Lipinski definition) is 3. The van der Waals surface area contributed by atoms with Crippen molar-refractivity contribution in [1.29, 1.82) is 0 Å². The van der Waals surface area contributed by atoms with E-state index in [1.807, 2.05) is 24.2 Å². The Kier molecular flexibility index (Phi) is 2.95. The summed E-state index contributed by atoms with van der Waals surface area (Å²) in [6, 6.07) is 0. The lowest BCUT2D eigenvalue weighted by Crippen LogP contribution is -2.23. The van der Waals surface area contributed by atoms with Gasteiger partial charge < -0.3 is 5.43 Å². The number of hydrogen-bond donors (Lipinski definition) is 1. The van der Waals surface area contributed by atoms with Crippen molar-refractivity contribution in [2.45, 2.75) is 20.4 Å². The normalized spacial score (nSPS) is 27.1. The molecular weight excluding hydrogens is 188 g/mol. The van der Waals surface area contributed by atoms with Crippen LogP contribution in [0.25, 0.3) is 0 Å². The van der Waals surface area contributed by atoms with Crippen LogP contribution in [0.3, 0.4) is 0 Å². The molecular formula is C11H20N4. The molecule has 0 unspecified atom stereocenters. The predicted octanol–water partition coefficient (Wildman–Crippen LogP) is 1.14. The molecule has 1 aromatic rings. The minimum absolute atomic E-state index is 0.816. The van der Waals surface area contributed by atoms with Crippen LogP contribution in [-0.4, -0.2) is 34.7 Å². The lowest BCUT2D eigenvalue weighted by Gasteiger charge is -2.16. The molecule has 0 bridgehead atoms. The lowest BCUT2D eigenvalue weighted by molar-refractivity contribution is 0.309. The molecule has 0 aromatic carbocycles. The van der Waals surface area contributed by atoms with Crippen LogP contribution in [0.15, 0.2) is 12.5 Å². The first-order chi connectivity index (χ1) is 7.20. The molecule has 1 N–H and O–H groups in total. The minimum atomic E-state index is 0.816. The van der Waals surface area contributed by atoms with E-state index in [0.29, 0.717) is 0 Å². The van der Waals surface area contributed by atoms with E-state index in [-0.39, 0.29) is 0 Å². The van der Waals surface area contributed by atoms with Gasteiger partial charge in [-0.3, -0.25) is 9.58 Å². The highest BCUT2D eigenvalue weighted by atomic mass is 15.4. The summed E-state index contributed by atoms with van der Waals surface area (Å²) in [6.45, 7) is 8.07. The average molecular weight is 208 g/mol. The number of likely N-dealkylation sites (tertiary alicyclic amines) is 1. The van der Waals surface area contributed by atoms with E-state index in [2.05, 4.69) is 29.2 Å². The third-order valence-electron chi connectivity index (χ3n) is 3.41. The van der Waals surface area contributed by atoms with Crippen LogP contribution in [0.4, 0.5) is 0 Å². The summed E-state index contributed by atoms with van der Waals surface area (Å²) >= 11 is 0. The van der Waals surface area contributed by atoms with Crippen molar-refractivity contribution in [2.75, 3.05) is 25.6 Å². The Bertz CT molecular complexity index is 310. The fourth-order valence-electron chi connectivity index (χ4n) is 2.25. The summed E-state index contributed by atoms with van der Waals surface area (Å²) in [4.78, 5) is 6.65. The van der Waals surface area contributed by atoms with Gasteiger partial charge in [0, 0.05) is 26.7 Å². The average Bonchev–Trinajstić information content (AvgIpc) is 2.75. The number of nitrogens with zero attached hydrogens (tertiary/aromatic N) is 3. The van der Waals surface area contributed by atoms with Gasteiger partial charge in [-0.1, -0.05) is 13.8 Å². The first-order valence-electron chi connectivity index (χ1n) is 5.62.